The first kappa shape index (κ1) is 11.5. The van der Waals surface area contributed by atoms with Crippen molar-refractivity contribution >= 4 is 11.6 Å². The first-order valence-corrected chi connectivity index (χ1v) is 6.63. The zero-order valence-corrected chi connectivity index (χ0v) is 10.3. The molecule has 1 amide bonds. The minimum Gasteiger partial charge on any atom is -0.384 e. The third kappa shape index (κ3) is 2.20. The van der Waals surface area contributed by atoms with Gasteiger partial charge in [-0.3, -0.25) is 9.63 Å². The minimum atomic E-state index is -0.136. The zero-order chi connectivity index (χ0) is 12.4. The summed E-state index contributed by atoms with van der Waals surface area (Å²) in [6, 6.07) is 7.93. The van der Waals surface area contributed by atoms with Crippen LogP contribution in [0.3, 0.4) is 0 Å². The van der Waals surface area contributed by atoms with Gasteiger partial charge >= 0.3 is 0 Å². The molecule has 3 rings (SSSR count). The molecule has 2 N–H and O–H groups in total. The average Bonchev–Trinajstić information content (AvgIpc) is 3.05. The molecule has 96 valence electrons. The van der Waals surface area contributed by atoms with Gasteiger partial charge in [0.05, 0.1) is 12.0 Å². The summed E-state index contributed by atoms with van der Waals surface area (Å²) < 4.78 is 0. The summed E-state index contributed by atoms with van der Waals surface area (Å²) >= 11 is 0. The lowest BCUT2D eigenvalue weighted by atomic mass is 10.0. The van der Waals surface area contributed by atoms with E-state index in [1.54, 1.807) is 0 Å². The van der Waals surface area contributed by atoms with Gasteiger partial charge in [0.1, 0.15) is 0 Å². The summed E-state index contributed by atoms with van der Waals surface area (Å²) in [5, 5.41) is 3.24. The molecule has 18 heavy (non-hydrogen) atoms. The van der Waals surface area contributed by atoms with Gasteiger partial charge in [-0.2, -0.15) is 0 Å². The molecule has 0 radical (unpaired) electrons. The van der Waals surface area contributed by atoms with E-state index >= 15 is 0 Å². The molecule has 0 saturated heterocycles. The number of para-hydroxylation sites is 1. The zero-order valence-electron chi connectivity index (χ0n) is 10.3. The molecule has 2 aliphatic rings. The second-order valence-electron chi connectivity index (χ2n) is 5.01. The second-order valence-corrected chi connectivity index (χ2v) is 5.01. The van der Waals surface area contributed by atoms with Crippen molar-refractivity contribution < 1.29 is 9.63 Å². The van der Waals surface area contributed by atoms with Crippen LogP contribution in [0.1, 0.15) is 37.2 Å². The number of amides is 1. The first-order chi connectivity index (χ1) is 8.84. The van der Waals surface area contributed by atoms with E-state index in [9.17, 15) is 4.79 Å². The van der Waals surface area contributed by atoms with Crippen molar-refractivity contribution in [3.8, 4) is 0 Å². The third-order valence-corrected chi connectivity index (χ3v) is 3.78. The lowest BCUT2D eigenvalue weighted by molar-refractivity contribution is -0.139. The van der Waals surface area contributed by atoms with Gasteiger partial charge in [0.2, 0.25) is 0 Å². The number of hydrogen-bond acceptors (Lipinski definition) is 3. The highest BCUT2D eigenvalue weighted by Gasteiger charge is 2.29. The van der Waals surface area contributed by atoms with Gasteiger partial charge < -0.3 is 5.32 Å². The van der Waals surface area contributed by atoms with E-state index in [4.69, 9.17) is 4.84 Å². The van der Waals surface area contributed by atoms with Crippen LogP contribution in [0.2, 0.25) is 0 Å². The number of anilines is 1. The molecular formula is C14H18N2O2. The van der Waals surface area contributed by atoms with Gasteiger partial charge in [-0.1, -0.05) is 31.0 Å². The van der Waals surface area contributed by atoms with Crippen LogP contribution in [0, 0.1) is 0 Å². The fourth-order valence-corrected chi connectivity index (χ4v) is 2.74. The number of hydroxylamine groups is 1. The molecule has 0 aromatic heterocycles. The number of nitrogens with one attached hydrogen (secondary N) is 2. The topological polar surface area (TPSA) is 50.4 Å². The van der Waals surface area contributed by atoms with E-state index in [1.807, 2.05) is 24.3 Å². The number of hydrogen-bond donors (Lipinski definition) is 2. The Kier molecular flexibility index (Phi) is 3.19. The monoisotopic (exact) mass is 246 g/mol. The smallest absolute Gasteiger partial charge is 0.252 e. The summed E-state index contributed by atoms with van der Waals surface area (Å²) in [7, 11) is 0. The van der Waals surface area contributed by atoms with Crippen LogP contribution in [0.4, 0.5) is 5.69 Å². The molecule has 1 aromatic carbocycles. The summed E-state index contributed by atoms with van der Waals surface area (Å²) in [5.41, 5.74) is 4.74. The van der Waals surface area contributed by atoms with Crippen molar-refractivity contribution in [2.24, 2.45) is 0 Å². The largest absolute Gasteiger partial charge is 0.384 e. The van der Waals surface area contributed by atoms with Crippen LogP contribution in [0.25, 0.3) is 0 Å². The maximum atomic E-state index is 12.1. The molecule has 4 heteroatoms. The van der Waals surface area contributed by atoms with Crippen molar-refractivity contribution in [1.82, 2.24) is 5.48 Å². The van der Waals surface area contributed by atoms with E-state index in [2.05, 4.69) is 10.8 Å². The maximum Gasteiger partial charge on any atom is 0.252 e. The normalized spacial score (nSPS) is 22.6. The SMILES string of the molecule is O=C(NOC1CCCC1)C1CNc2ccccc21. The number of rotatable bonds is 3. The van der Waals surface area contributed by atoms with E-state index in [1.165, 1.54) is 12.8 Å². The quantitative estimate of drug-likeness (QED) is 0.804. The lowest BCUT2D eigenvalue weighted by Crippen LogP contribution is -2.33. The summed E-state index contributed by atoms with van der Waals surface area (Å²) in [4.78, 5) is 17.6. The minimum absolute atomic E-state index is 0.0423. The van der Waals surface area contributed by atoms with Gasteiger partial charge in [0.15, 0.2) is 0 Å². The van der Waals surface area contributed by atoms with Crippen LogP contribution >= 0.6 is 0 Å². The van der Waals surface area contributed by atoms with E-state index in [-0.39, 0.29) is 17.9 Å². The molecule has 0 bridgehead atoms. The van der Waals surface area contributed by atoms with Crippen LogP contribution in [-0.2, 0) is 9.63 Å². The maximum absolute atomic E-state index is 12.1. The molecule has 1 saturated carbocycles. The third-order valence-electron chi connectivity index (χ3n) is 3.78. The van der Waals surface area contributed by atoms with Crippen LogP contribution in [0.5, 0.6) is 0 Å². The fourth-order valence-electron chi connectivity index (χ4n) is 2.74. The molecule has 0 spiro atoms. The highest BCUT2D eigenvalue weighted by molar-refractivity contribution is 5.87. The Balaban J connectivity index is 1.60. The van der Waals surface area contributed by atoms with E-state index in [0.29, 0.717) is 6.54 Å². The molecule has 1 atom stereocenters. The number of carbonyl (C=O) groups is 1. The molecule has 1 unspecified atom stereocenters. The average molecular weight is 246 g/mol. The Hall–Kier alpha value is -1.55. The summed E-state index contributed by atoms with van der Waals surface area (Å²) in [6.07, 6.45) is 4.72. The second kappa shape index (κ2) is 4.98. The van der Waals surface area contributed by atoms with Crippen molar-refractivity contribution in [1.29, 1.82) is 0 Å². The number of fused-ring (bicyclic) bond motifs is 1. The highest BCUT2D eigenvalue weighted by Crippen LogP contribution is 2.31. The van der Waals surface area contributed by atoms with Crippen molar-refractivity contribution in [2.45, 2.75) is 37.7 Å². The van der Waals surface area contributed by atoms with Crippen LogP contribution in [0.15, 0.2) is 24.3 Å². The molecular weight excluding hydrogens is 228 g/mol. The Morgan fingerprint density at radius 1 is 1.28 bits per heavy atom. The molecule has 1 heterocycles. The Morgan fingerprint density at radius 3 is 2.89 bits per heavy atom. The molecule has 1 aromatic rings. The summed E-state index contributed by atoms with van der Waals surface area (Å²) in [6.45, 7) is 0.652. The number of benzene rings is 1. The van der Waals surface area contributed by atoms with Gasteiger partial charge in [-0.15, -0.1) is 0 Å². The number of carbonyl (C=O) groups excluding carboxylic acids is 1. The van der Waals surface area contributed by atoms with Gasteiger partial charge in [0.25, 0.3) is 5.91 Å². The van der Waals surface area contributed by atoms with E-state index < -0.39 is 0 Å². The standard InChI is InChI=1S/C14H18N2O2/c17-14(16-18-10-5-1-2-6-10)12-9-15-13-8-4-3-7-11(12)13/h3-4,7-8,10,12,15H,1-2,5-6,9H2,(H,16,17). The van der Waals surface area contributed by atoms with E-state index in [0.717, 1.165) is 24.1 Å². The van der Waals surface area contributed by atoms with Crippen molar-refractivity contribution in [2.75, 3.05) is 11.9 Å². The van der Waals surface area contributed by atoms with Gasteiger partial charge in [0, 0.05) is 12.2 Å². The lowest BCUT2D eigenvalue weighted by Gasteiger charge is -2.14. The molecule has 1 aliphatic heterocycles. The van der Waals surface area contributed by atoms with Gasteiger partial charge in [-0.25, -0.2) is 5.48 Å². The Bertz CT molecular complexity index is 441. The summed E-state index contributed by atoms with van der Waals surface area (Å²) in [5.74, 6) is -0.179. The van der Waals surface area contributed by atoms with Crippen LogP contribution in [-0.4, -0.2) is 18.6 Å². The molecule has 1 fully saturated rings. The first-order valence-electron chi connectivity index (χ1n) is 6.63. The van der Waals surface area contributed by atoms with Gasteiger partial charge in [-0.05, 0) is 24.5 Å². The Labute approximate surface area is 107 Å². The fraction of sp³-hybridized carbons (Fsp3) is 0.500. The van der Waals surface area contributed by atoms with Crippen LogP contribution < -0.4 is 10.8 Å². The molecule has 4 nitrogen and oxygen atoms in total. The predicted octanol–water partition coefficient (Wildman–Crippen LogP) is 2.19. The highest BCUT2D eigenvalue weighted by atomic mass is 16.7. The molecule has 1 aliphatic carbocycles. The Morgan fingerprint density at radius 2 is 2.06 bits per heavy atom. The van der Waals surface area contributed by atoms with Crippen molar-refractivity contribution in [3.63, 3.8) is 0 Å². The van der Waals surface area contributed by atoms with Crippen molar-refractivity contribution in [3.05, 3.63) is 29.8 Å². The predicted molar refractivity (Wildman–Crippen MR) is 69.2 cm³/mol.